The number of rotatable bonds is 11. The molecule has 0 unspecified atom stereocenters. The molecule has 0 spiro atoms. The topological polar surface area (TPSA) is 108 Å². The average molecular weight is 615 g/mol. The van der Waals surface area contributed by atoms with Crippen LogP contribution in [0.1, 0.15) is 25.0 Å². The van der Waals surface area contributed by atoms with Crippen molar-refractivity contribution in [3.63, 3.8) is 0 Å². The maximum absolute atomic E-state index is 10.0. The molecule has 2 rings (SSSR count). The van der Waals surface area contributed by atoms with Gasteiger partial charge in [-0.1, -0.05) is 54.3 Å². The SMILES string of the molecule is CC(C)(c1ccc(OC[C@H](O)CN=[N+]=[N-])cc1)c1cc(Cl)c(OC[C@](O)(I)CCl)c(Cl)c1. The fraction of sp³-hybridized carbons (Fsp3) is 0.429. The first-order valence-corrected chi connectivity index (χ1v) is 11.9. The number of hydrogen-bond donors (Lipinski definition) is 2. The van der Waals surface area contributed by atoms with E-state index >= 15 is 0 Å². The van der Waals surface area contributed by atoms with Crippen molar-refractivity contribution in [2.24, 2.45) is 5.11 Å². The average Bonchev–Trinajstić information content (AvgIpc) is 2.75. The van der Waals surface area contributed by atoms with Crippen molar-refractivity contribution in [3.05, 3.63) is 68.0 Å². The van der Waals surface area contributed by atoms with E-state index in [4.69, 9.17) is 49.8 Å². The summed E-state index contributed by atoms with van der Waals surface area (Å²) in [7, 11) is 0. The summed E-state index contributed by atoms with van der Waals surface area (Å²) in [6, 6.07) is 11.0. The lowest BCUT2D eigenvalue weighted by Crippen LogP contribution is -2.30. The van der Waals surface area contributed by atoms with Crippen LogP contribution in [0, 0.1) is 0 Å². The second kappa shape index (κ2) is 11.8. The Morgan fingerprint density at radius 3 is 2.25 bits per heavy atom. The third-order valence-corrected chi connectivity index (χ3v) is 6.88. The first-order chi connectivity index (χ1) is 15.0. The van der Waals surface area contributed by atoms with Crippen LogP contribution in [0.4, 0.5) is 0 Å². The van der Waals surface area contributed by atoms with Gasteiger partial charge < -0.3 is 19.7 Å². The summed E-state index contributed by atoms with van der Waals surface area (Å²) in [5.41, 5.74) is 9.71. The van der Waals surface area contributed by atoms with E-state index in [2.05, 4.69) is 10.0 Å². The van der Waals surface area contributed by atoms with Crippen LogP contribution in [0.2, 0.25) is 10.0 Å². The molecule has 0 fully saturated rings. The molecule has 2 aromatic carbocycles. The number of ether oxygens (including phenoxy) is 2. The molecule has 0 amide bonds. The molecule has 0 radical (unpaired) electrons. The summed E-state index contributed by atoms with van der Waals surface area (Å²) in [5.74, 6) is 0.867. The summed E-state index contributed by atoms with van der Waals surface area (Å²) in [6.45, 7) is 3.98. The number of aliphatic hydroxyl groups excluding tert-OH is 1. The molecule has 0 saturated carbocycles. The molecular weight excluding hydrogens is 592 g/mol. The highest BCUT2D eigenvalue weighted by molar-refractivity contribution is 14.1. The highest BCUT2D eigenvalue weighted by atomic mass is 127. The maximum atomic E-state index is 10.0. The van der Waals surface area contributed by atoms with Gasteiger partial charge in [0, 0.05) is 10.3 Å². The summed E-state index contributed by atoms with van der Waals surface area (Å²) in [5, 5.41) is 23.7. The van der Waals surface area contributed by atoms with Gasteiger partial charge >= 0.3 is 0 Å². The highest BCUT2D eigenvalue weighted by Gasteiger charge is 2.27. The molecule has 0 aromatic heterocycles. The van der Waals surface area contributed by atoms with E-state index in [0.717, 1.165) is 11.1 Å². The van der Waals surface area contributed by atoms with Gasteiger partial charge in [0.1, 0.15) is 19.0 Å². The Bertz CT molecular complexity index is 944. The van der Waals surface area contributed by atoms with E-state index in [9.17, 15) is 10.2 Å². The van der Waals surface area contributed by atoms with Crippen LogP contribution in [0.5, 0.6) is 11.5 Å². The quantitative estimate of drug-likeness (QED) is 0.105. The number of alkyl halides is 2. The summed E-state index contributed by atoms with van der Waals surface area (Å²) >= 11 is 20.4. The van der Waals surface area contributed by atoms with Gasteiger partial charge in [0.15, 0.2) is 9.36 Å². The zero-order valence-electron chi connectivity index (χ0n) is 17.4. The molecule has 2 atom stereocenters. The predicted molar refractivity (Wildman–Crippen MR) is 136 cm³/mol. The normalized spacial score (nSPS) is 14.2. The molecule has 11 heteroatoms. The van der Waals surface area contributed by atoms with E-state index in [1.807, 2.05) is 26.0 Å². The molecule has 32 heavy (non-hydrogen) atoms. The first kappa shape index (κ1) is 27.1. The van der Waals surface area contributed by atoms with Gasteiger partial charge in [-0.2, -0.15) is 0 Å². The van der Waals surface area contributed by atoms with Crippen LogP contribution >= 0.6 is 57.4 Å². The first-order valence-electron chi connectivity index (χ1n) is 9.52. The largest absolute Gasteiger partial charge is 0.491 e. The minimum Gasteiger partial charge on any atom is -0.491 e. The molecule has 0 saturated heterocycles. The molecule has 2 aromatic rings. The number of azide groups is 1. The fourth-order valence-electron chi connectivity index (χ4n) is 2.79. The number of benzene rings is 2. The lowest BCUT2D eigenvalue weighted by Gasteiger charge is -2.28. The van der Waals surface area contributed by atoms with E-state index in [-0.39, 0.29) is 31.4 Å². The van der Waals surface area contributed by atoms with Gasteiger partial charge in [-0.15, -0.1) is 11.6 Å². The second-order valence-electron chi connectivity index (χ2n) is 7.64. The number of nitrogens with zero attached hydrogens (tertiary/aromatic N) is 3. The Balaban J connectivity index is 2.16. The molecule has 0 aliphatic heterocycles. The molecule has 2 N–H and O–H groups in total. The Morgan fingerprint density at radius 2 is 1.72 bits per heavy atom. The standard InChI is InChI=1S/C21H23Cl3IN3O4/c1-20(2,13-3-5-16(6-4-13)31-10-15(29)9-27-28-26)14-7-17(23)19(18(24)8-14)32-12-21(25,30)11-22/h3-8,15,29-30H,9-12H2,1-2H3/t15-,21+/m1/s1. The summed E-state index contributed by atoms with van der Waals surface area (Å²) in [4.78, 5) is 2.61. The van der Waals surface area contributed by atoms with Crippen molar-refractivity contribution in [2.75, 3.05) is 25.6 Å². The van der Waals surface area contributed by atoms with Crippen molar-refractivity contribution >= 4 is 57.4 Å². The van der Waals surface area contributed by atoms with Crippen LogP contribution < -0.4 is 9.47 Å². The molecule has 0 heterocycles. The Labute approximate surface area is 215 Å². The van der Waals surface area contributed by atoms with Gasteiger partial charge in [0.25, 0.3) is 0 Å². The molecule has 7 nitrogen and oxygen atoms in total. The zero-order chi connectivity index (χ0) is 23.9. The summed E-state index contributed by atoms with van der Waals surface area (Å²) < 4.78 is 9.92. The van der Waals surface area contributed by atoms with E-state index in [0.29, 0.717) is 15.8 Å². The Morgan fingerprint density at radius 1 is 1.12 bits per heavy atom. The minimum absolute atomic E-state index is 0.000385. The van der Waals surface area contributed by atoms with E-state index in [1.54, 1.807) is 46.9 Å². The third kappa shape index (κ3) is 7.45. The monoisotopic (exact) mass is 613 g/mol. The second-order valence-corrected chi connectivity index (χ2v) is 10.7. The van der Waals surface area contributed by atoms with Crippen molar-refractivity contribution < 1.29 is 19.7 Å². The number of hydrogen-bond acceptors (Lipinski definition) is 5. The molecule has 0 aliphatic rings. The van der Waals surface area contributed by atoms with Gasteiger partial charge in [0.05, 0.1) is 28.6 Å². The predicted octanol–water partition coefficient (Wildman–Crippen LogP) is 6.11. The van der Waals surface area contributed by atoms with Crippen molar-refractivity contribution in [2.45, 2.75) is 29.0 Å². The molecule has 0 aliphatic carbocycles. The van der Waals surface area contributed by atoms with Gasteiger partial charge in [0.2, 0.25) is 0 Å². The van der Waals surface area contributed by atoms with Gasteiger partial charge in [-0.25, -0.2) is 0 Å². The van der Waals surface area contributed by atoms with Crippen LogP contribution in [0.25, 0.3) is 10.4 Å². The molecule has 0 bridgehead atoms. The van der Waals surface area contributed by atoms with E-state index < -0.39 is 15.1 Å². The van der Waals surface area contributed by atoms with Crippen molar-refractivity contribution in [1.82, 2.24) is 0 Å². The highest BCUT2D eigenvalue weighted by Crippen LogP contribution is 2.41. The van der Waals surface area contributed by atoms with E-state index in [1.165, 1.54) is 0 Å². The number of aliphatic hydroxyl groups is 2. The van der Waals surface area contributed by atoms with Crippen LogP contribution in [-0.4, -0.2) is 45.6 Å². The van der Waals surface area contributed by atoms with Crippen molar-refractivity contribution in [1.29, 1.82) is 0 Å². The minimum atomic E-state index is -1.23. The van der Waals surface area contributed by atoms with Crippen LogP contribution in [0.3, 0.4) is 0 Å². The number of halogens is 4. The van der Waals surface area contributed by atoms with Crippen LogP contribution in [-0.2, 0) is 5.41 Å². The van der Waals surface area contributed by atoms with Gasteiger partial charge in [-0.05, 0) is 63.5 Å². The maximum Gasteiger partial charge on any atom is 0.162 e. The van der Waals surface area contributed by atoms with Gasteiger partial charge in [-0.3, -0.25) is 0 Å². The lowest BCUT2D eigenvalue weighted by molar-refractivity contribution is 0.110. The zero-order valence-corrected chi connectivity index (χ0v) is 21.9. The molecular formula is C21H23Cl3IN3O4. The smallest absolute Gasteiger partial charge is 0.162 e. The Hall–Kier alpha value is -1.13. The van der Waals surface area contributed by atoms with Crippen molar-refractivity contribution in [3.8, 4) is 11.5 Å². The third-order valence-electron chi connectivity index (χ3n) is 4.74. The summed E-state index contributed by atoms with van der Waals surface area (Å²) in [6.07, 6.45) is -0.875. The van der Waals surface area contributed by atoms with Crippen LogP contribution in [0.15, 0.2) is 41.5 Å². The Kier molecular flexibility index (Phi) is 10.0. The molecule has 174 valence electrons. The lowest BCUT2D eigenvalue weighted by atomic mass is 9.78. The fourth-order valence-corrected chi connectivity index (χ4v) is 3.62.